The van der Waals surface area contributed by atoms with Crippen molar-refractivity contribution in [3.63, 3.8) is 0 Å². The molecular formula is C19H23N5O2. The van der Waals surface area contributed by atoms with Gasteiger partial charge in [0, 0.05) is 24.2 Å². The molecule has 26 heavy (non-hydrogen) atoms. The number of nitrogens with two attached hydrogens (primary N) is 1. The summed E-state index contributed by atoms with van der Waals surface area (Å²) in [7, 11) is 1.60. The minimum atomic E-state index is -0.0277. The Hall–Kier alpha value is -2.83. The van der Waals surface area contributed by atoms with E-state index in [1.54, 1.807) is 17.7 Å². The first-order chi connectivity index (χ1) is 12.6. The average molecular weight is 353 g/mol. The second-order valence-electron chi connectivity index (χ2n) is 6.73. The zero-order valence-electron chi connectivity index (χ0n) is 15.1. The Morgan fingerprint density at radius 3 is 3.00 bits per heavy atom. The molecule has 2 aromatic heterocycles. The first-order valence-corrected chi connectivity index (χ1v) is 9.06. The molecule has 3 heterocycles. The van der Waals surface area contributed by atoms with E-state index >= 15 is 0 Å². The summed E-state index contributed by atoms with van der Waals surface area (Å²) < 4.78 is 7.06. The summed E-state index contributed by atoms with van der Waals surface area (Å²) in [4.78, 5) is 24.0. The number of ether oxygens (including phenoxy) is 1. The molecule has 1 fully saturated rings. The molecule has 0 unspecified atom stereocenters. The van der Waals surface area contributed by atoms with Gasteiger partial charge >= 0.3 is 0 Å². The number of rotatable bonds is 4. The largest absolute Gasteiger partial charge is 0.494 e. The molecule has 3 aromatic rings. The van der Waals surface area contributed by atoms with Crippen molar-refractivity contribution in [2.45, 2.75) is 38.6 Å². The number of imidazole rings is 1. The standard InChI is InChI=1S/C19H23N5O2/c1-3-6-12-7-5-10-23(12)18(25)14-11-24-17(21-14)13-8-4-9-15(26-2)16(13)22-19(24)20/h4,8-9,11-12H,3,5-7,10H2,1-2H3,(H2,20,22)/t12-/m0/s1. The first kappa shape index (κ1) is 16.6. The van der Waals surface area contributed by atoms with Crippen LogP contribution in [0.3, 0.4) is 0 Å². The summed E-state index contributed by atoms with van der Waals surface area (Å²) in [6.45, 7) is 2.94. The molecule has 1 aliphatic rings. The fraction of sp³-hybridized carbons (Fsp3) is 0.421. The van der Waals surface area contributed by atoms with Crippen molar-refractivity contribution in [3.8, 4) is 5.75 Å². The van der Waals surface area contributed by atoms with E-state index in [4.69, 9.17) is 10.5 Å². The van der Waals surface area contributed by atoms with E-state index in [1.807, 2.05) is 23.1 Å². The number of nitrogen functional groups attached to an aromatic ring is 1. The zero-order chi connectivity index (χ0) is 18.3. The maximum absolute atomic E-state index is 13.0. The Morgan fingerprint density at radius 1 is 1.38 bits per heavy atom. The van der Waals surface area contributed by atoms with Crippen molar-refractivity contribution < 1.29 is 9.53 Å². The van der Waals surface area contributed by atoms with Crippen LogP contribution in [-0.4, -0.2) is 44.9 Å². The molecule has 1 aromatic carbocycles. The Balaban J connectivity index is 1.81. The minimum Gasteiger partial charge on any atom is -0.494 e. The highest BCUT2D eigenvalue weighted by Gasteiger charge is 2.30. The Morgan fingerprint density at radius 2 is 2.23 bits per heavy atom. The molecule has 0 saturated carbocycles. The Labute approximate surface area is 151 Å². The van der Waals surface area contributed by atoms with Gasteiger partial charge in [0.25, 0.3) is 5.91 Å². The minimum absolute atomic E-state index is 0.0277. The molecule has 1 saturated heterocycles. The highest BCUT2D eigenvalue weighted by molar-refractivity contribution is 5.99. The van der Waals surface area contributed by atoms with Gasteiger partial charge in [-0.05, 0) is 31.4 Å². The molecule has 4 rings (SSSR count). The smallest absolute Gasteiger partial charge is 0.274 e. The molecule has 0 spiro atoms. The van der Waals surface area contributed by atoms with Gasteiger partial charge in [-0.15, -0.1) is 0 Å². The molecule has 1 atom stereocenters. The number of para-hydroxylation sites is 1. The lowest BCUT2D eigenvalue weighted by molar-refractivity contribution is 0.0725. The van der Waals surface area contributed by atoms with E-state index in [2.05, 4.69) is 16.9 Å². The number of carbonyl (C=O) groups excluding carboxylic acids is 1. The monoisotopic (exact) mass is 353 g/mol. The molecule has 2 N–H and O–H groups in total. The highest BCUT2D eigenvalue weighted by Crippen LogP contribution is 2.29. The molecule has 7 heteroatoms. The van der Waals surface area contributed by atoms with E-state index in [9.17, 15) is 4.79 Å². The van der Waals surface area contributed by atoms with Gasteiger partial charge in [-0.1, -0.05) is 19.4 Å². The fourth-order valence-corrected chi connectivity index (χ4v) is 3.88. The maximum Gasteiger partial charge on any atom is 0.274 e. The summed E-state index contributed by atoms with van der Waals surface area (Å²) in [6.07, 6.45) is 5.91. The molecule has 0 bridgehead atoms. The predicted molar refractivity (Wildman–Crippen MR) is 100 cm³/mol. The number of hydrogen-bond acceptors (Lipinski definition) is 5. The number of anilines is 1. The van der Waals surface area contributed by atoms with E-state index in [-0.39, 0.29) is 11.9 Å². The Bertz CT molecular complexity index is 981. The van der Waals surface area contributed by atoms with Crippen molar-refractivity contribution >= 4 is 28.4 Å². The van der Waals surface area contributed by atoms with Gasteiger partial charge in [0.15, 0.2) is 0 Å². The van der Waals surface area contributed by atoms with E-state index in [0.717, 1.165) is 37.6 Å². The summed E-state index contributed by atoms with van der Waals surface area (Å²) in [5.41, 5.74) is 7.81. The van der Waals surface area contributed by atoms with Crippen molar-refractivity contribution in [2.24, 2.45) is 0 Å². The van der Waals surface area contributed by atoms with Crippen LogP contribution < -0.4 is 10.5 Å². The van der Waals surface area contributed by atoms with Crippen LogP contribution in [0.1, 0.15) is 43.1 Å². The molecule has 1 amide bonds. The van der Waals surface area contributed by atoms with Crippen LogP contribution in [0.4, 0.5) is 5.95 Å². The fourth-order valence-electron chi connectivity index (χ4n) is 3.88. The zero-order valence-corrected chi connectivity index (χ0v) is 15.1. The SMILES string of the molecule is CCC[C@H]1CCCN1C(=O)c1cn2c(N)nc3c(OC)cccc3c2n1. The van der Waals surface area contributed by atoms with E-state index in [1.165, 1.54) is 0 Å². The summed E-state index contributed by atoms with van der Waals surface area (Å²) >= 11 is 0. The molecule has 1 aliphatic heterocycles. The van der Waals surface area contributed by atoms with Gasteiger partial charge in [-0.2, -0.15) is 0 Å². The van der Waals surface area contributed by atoms with Gasteiger partial charge in [0.1, 0.15) is 22.6 Å². The molecular weight excluding hydrogens is 330 g/mol. The van der Waals surface area contributed by atoms with Crippen molar-refractivity contribution in [1.82, 2.24) is 19.3 Å². The molecule has 0 aliphatic carbocycles. The Kier molecular flexibility index (Phi) is 4.14. The number of fused-ring (bicyclic) bond motifs is 3. The number of methoxy groups -OCH3 is 1. The van der Waals surface area contributed by atoms with Crippen LogP contribution in [-0.2, 0) is 0 Å². The van der Waals surface area contributed by atoms with Crippen LogP contribution in [0.5, 0.6) is 5.75 Å². The summed E-state index contributed by atoms with van der Waals surface area (Å²) in [6, 6.07) is 5.94. The molecule has 136 valence electrons. The third-order valence-corrected chi connectivity index (χ3v) is 5.12. The lowest BCUT2D eigenvalue weighted by Crippen LogP contribution is -2.35. The maximum atomic E-state index is 13.0. The summed E-state index contributed by atoms with van der Waals surface area (Å²) in [5.74, 6) is 0.894. The van der Waals surface area contributed by atoms with Gasteiger partial charge in [0.05, 0.1) is 7.11 Å². The number of nitrogens with zero attached hydrogens (tertiary/aromatic N) is 4. The highest BCUT2D eigenvalue weighted by atomic mass is 16.5. The molecule has 7 nitrogen and oxygen atoms in total. The number of carbonyl (C=O) groups is 1. The second-order valence-corrected chi connectivity index (χ2v) is 6.73. The number of likely N-dealkylation sites (tertiary alicyclic amines) is 1. The molecule has 0 radical (unpaired) electrons. The van der Waals surface area contributed by atoms with Crippen LogP contribution in [0, 0.1) is 0 Å². The third-order valence-electron chi connectivity index (χ3n) is 5.12. The normalized spacial score (nSPS) is 17.3. The van der Waals surface area contributed by atoms with Gasteiger partial charge in [-0.25, -0.2) is 9.97 Å². The van der Waals surface area contributed by atoms with Crippen molar-refractivity contribution in [3.05, 3.63) is 30.1 Å². The first-order valence-electron chi connectivity index (χ1n) is 9.06. The van der Waals surface area contributed by atoms with Crippen LogP contribution in [0.2, 0.25) is 0 Å². The van der Waals surface area contributed by atoms with Gasteiger partial charge in [0.2, 0.25) is 5.95 Å². The average Bonchev–Trinajstić information content (AvgIpc) is 3.29. The van der Waals surface area contributed by atoms with Crippen LogP contribution >= 0.6 is 0 Å². The quantitative estimate of drug-likeness (QED) is 0.779. The predicted octanol–water partition coefficient (Wildman–Crippen LogP) is 2.88. The van der Waals surface area contributed by atoms with E-state index < -0.39 is 0 Å². The number of benzene rings is 1. The lowest BCUT2D eigenvalue weighted by atomic mass is 10.1. The van der Waals surface area contributed by atoms with Gasteiger partial charge < -0.3 is 15.4 Å². The van der Waals surface area contributed by atoms with E-state index in [0.29, 0.717) is 28.6 Å². The van der Waals surface area contributed by atoms with Crippen LogP contribution in [0.15, 0.2) is 24.4 Å². The second kappa shape index (κ2) is 6.48. The van der Waals surface area contributed by atoms with Gasteiger partial charge in [-0.3, -0.25) is 9.20 Å². The summed E-state index contributed by atoms with van der Waals surface area (Å²) in [5, 5.41) is 0.809. The van der Waals surface area contributed by atoms with Crippen LogP contribution in [0.25, 0.3) is 16.6 Å². The topological polar surface area (TPSA) is 85.8 Å². The number of amides is 1. The third kappa shape index (κ3) is 2.55. The van der Waals surface area contributed by atoms with Crippen molar-refractivity contribution in [1.29, 1.82) is 0 Å². The number of aromatic nitrogens is 3. The lowest BCUT2D eigenvalue weighted by Gasteiger charge is -2.23. The van der Waals surface area contributed by atoms with Crippen molar-refractivity contribution in [2.75, 3.05) is 19.4 Å². The number of hydrogen-bond donors (Lipinski definition) is 1.